The maximum Gasteiger partial charge on any atom is 0.256 e. The Bertz CT molecular complexity index is 1290. The molecule has 2 bridgehead atoms. The van der Waals surface area contributed by atoms with E-state index >= 15 is 0 Å². The molecule has 1 aromatic carbocycles. The molecule has 1 saturated heterocycles. The van der Waals surface area contributed by atoms with Gasteiger partial charge in [0, 0.05) is 49.0 Å². The fraction of sp³-hybridized carbons (Fsp3) is 0.292. The Labute approximate surface area is 174 Å². The lowest BCUT2D eigenvalue weighted by atomic mass is 9.94. The molecule has 5 heterocycles. The summed E-state index contributed by atoms with van der Waals surface area (Å²) in [7, 11) is 3.96. The molecule has 0 aliphatic carbocycles. The van der Waals surface area contributed by atoms with Gasteiger partial charge >= 0.3 is 0 Å². The van der Waals surface area contributed by atoms with Crippen molar-refractivity contribution >= 4 is 16.9 Å². The van der Waals surface area contributed by atoms with E-state index in [0.717, 1.165) is 41.6 Å². The van der Waals surface area contributed by atoms with Crippen LogP contribution < -0.4 is 0 Å². The highest BCUT2D eigenvalue weighted by atomic mass is 16.2. The lowest BCUT2D eigenvalue weighted by Gasteiger charge is -2.34. The van der Waals surface area contributed by atoms with E-state index in [1.807, 2.05) is 47.7 Å². The fourth-order valence-electron chi connectivity index (χ4n) is 5.43. The molecule has 150 valence electrons. The van der Waals surface area contributed by atoms with Gasteiger partial charge in [-0.25, -0.2) is 4.98 Å². The first-order valence-electron chi connectivity index (χ1n) is 10.5. The second-order valence-electron chi connectivity index (χ2n) is 8.39. The number of rotatable bonds is 2. The molecule has 1 amide bonds. The van der Waals surface area contributed by atoms with Gasteiger partial charge in [0.2, 0.25) is 0 Å². The van der Waals surface area contributed by atoms with Gasteiger partial charge in [0.15, 0.2) is 0 Å². The standard InChI is InChI=1S/C24H23N5O/c1-27-14-19(17-9-6-12-25-23(17)27)24(30)29-16-10-11-20(29)21-18(13-16)22(28(2)26-21)15-7-4-3-5-8-15/h3-9,12,14,16,20H,10-11,13H2,1-2H3/t16-,20+/m1/s1. The van der Waals surface area contributed by atoms with Crippen molar-refractivity contribution in [2.24, 2.45) is 14.1 Å². The molecule has 2 aliphatic heterocycles. The summed E-state index contributed by atoms with van der Waals surface area (Å²) in [6.07, 6.45) is 6.54. The van der Waals surface area contributed by atoms with Crippen molar-refractivity contribution in [3.63, 3.8) is 0 Å². The molecule has 0 saturated carbocycles. The number of nitrogens with zero attached hydrogens (tertiary/aromatic N) is 5. The number of carbonyl (C=O) groups excluding carboxylic acids is 1. The van der Waals surface area contributed by atoms with Crippen molar-refractivity contribution in [1.82, 2.24) is 24.2 Å². The van der Waals surface area contributed by atoms with Crippen LogP contribution in [0.4, 0.5) is 0 Å². The predicted molar refractivity (Wildman–Crippen MR) is 115 cm³/mol. The Morgan fingerprint density at radius 1 is 1.07 bits per heavy atom. The van der Waals surface area contributed by atoms with Crippen LogP contribution in [-0.2, 0) is 20.5 Å². The highest BCUT2D eigenvalue weighted by Gasteiger charge is 2.46. The van der Waals surface area contributed by atoms with E-state index in [1.165, 1.54) is 16.8 Å². The highest BCUT2D eigenvalue weighted by Crippen LogP contribution is 2.46. The van der Waals surface area contributed by atoms with Gasteiger partial charge in [-0.3, -0.25) is 9.48 Å². The van der Waals surface area contributed by atoms with E-state index in [-0.39, 0.29) is 18.0 Å². The molecule has 4 aromatic rings. The highest BCUT2D eigenvalue weighted by molar-refractivity contribution is 6.06. The summed E-state index contributed by atoms with van der Waals surface area (Å²) >= 11 is 0. The first kappa shape index (κ1) is 17.4. The molecular weight excluding hydrogens is 374 g/mol. The average Bonchev–Trinajstić information content (AvgIpc) is 3.40. The van der Waals surface area contributed by atoms with Gasteiger partial charge in [0.05, 0.1) is 23.0 Å². The summed E-state index contributed by atoms with van der Waals surface area (Å²) in [5.41, 5.74) is 6.32. The Kier molecular flexibility index (Phi) is 3.66. The molecular formula is C24H23N5O. The zero-order valence-corrected chi connectivity index (χ0v) is 17.1. The second-order valence-corrected chi connectivity index (χ2v) is 8.39. The maximum absolute atomic E-state index is 13.7. The molecule has 0 spiro atoms. The van der Waals surface area contributed by atoms with E-state index in [9.17, 15) is 4.79 Å². The van der Waals surface area contributed by atoms with Crippen molar-refractivity contribution in [2.45, 2.75) is 31.3 Å². The SMILES string of the molecule is Cn1nc2c(c1-c1ccccc1)C[C@H]1CC[C@@H]2N1C(=O)c1cn(C)c2ncccc12. The average molecular weight is 397 g/mol. The van der Waals surface area contributed by atoms with Crippen LogP contribution in [0.5, 0.6) is 0 Å². The molecule has 0 radical (unpaired) electrons. The summed E-state index contributed by atoms with van der Waals surface area (Å²) in [6.45, 7) is 0. The number of fused-ring (bicyclic) bond motifs is 5. The molecule has 0 unspecified atom stereocenters. The normalized spacial score (nSPS) is 20.0. The first-order valence-corrected chi connectivity index (χ1v) is 10.5. The van der Waals surface area contributed by atoms with Crippen molar-refractivity contribution < 1.29 is 4.79 Å². The van der Waals surface area contributed by atoms with Crippen molar-refractivity contribution in [3.8, 4) is 11.3 Å². The van der Waals surface area contributed by atoms with E-state index in [4.69, 9.17) is 5.10 Å². The number of hydrogen-bond donors (Lipinski definition) is 0. The maximum atomic E-state index is 13.7. The van der Waals surface area contributed by atoms with Crippen molar-refractivity contribution in [1.29, 1.82) is 0 Å². The summed E-state index contributed by atoms with van der Waals surface area (Å²) in [5.74, 6) is 0.0960. The minimum atomic E-state index is 0.0434. The van der Waals surface area contributed by atoms with E-state index in [2.05, 4.69) is 34.1 Å². The lowest BCUT2D eigenvalue weighted by Crippen LogP contribution is -2.41. The van der Waals surface area contributed by atoms with E-state index < -0.39 is 0 Å². The van der Waals surface area contributed by atoms with Crippen LogP contribution >= 0.6 is 0 Å². The largest absolute Gasteiger partial charge is 0.335 e. The predicted octanol–water partition coefficient (Wildman–Crippen LogP) is 3.88. The minimum absolute atomic E-state index is 0.0434. The number of pyridine rings is 1. The number of carbonyl (C=O) groups is 1. The molecule has 1 fully saturated rings. The molecule has 6 nitrogen and oxygen atoms in total. The second kappa shape index (κ2) is 6.29. The van der Waals surface area contributed by atoms with Gasteiger partial charge in [0.1, 0.15) is 5.65 Å². The zero-order valence-electron chi connectivity index (χ0n) is 17.1. The number of benzene rings is 1. The molecule has 3 aromatic heterocycles. The van der Waals surface area contributed by atoms with Gasteiger partial charge in [-0.2, -0.15) is 5.10 Å². The third-order valence-corrected chi connectivity index (χ3v) is 6.68. The first-order chi connectivity index (χ1) is 14.6. The van der Waals surface area contributed by atoms with Gasteiger partial charge < -0.3 is 9.47 Å². The Balaban J connectivity index is 1.44. The fourth-order valence-corrected chi connectivity index (χ4v) is 5.43. The minimum Gasteiger partial charge on any atom is -0.335 e. The molecule has 2 atom stereocenters. The third-order valence-electron chi connectivity index (χ3n) is 6.68. The van der Waals surface area contributed by atoms with Crippen LogP contribution in [0.15, 0.2) is 54.9 Å². The molecule has 6 rings (SSSR count). The molecule has 0 N–H and O–H groups in total. The van der Waals surface area contributed by atoms with Crippen LogP contribution in [0.1, 0.15) is 40.5 Å². The summed E-state index contributed by atoms with van der Waals surface area (Å²) in [5, 5.41) is 5.82. The van der Waals surface area contributed by atoms with Crippen LogP contribution in [0.2, 0.25) is 0 Å². The summed E-state index contributed by atoms with van der Waals surface area (Å²) < 4.78 is 3.93. The third kappa shape index (κ3) is 2.33. The van der Waals surface area contributed by atoms with Crippen LogP contribution in [0.3, 0.4) is 0 Å². The number of hydrogen-bond acceptors (Lipinski definition) is 3. The Hall–Kier alpha value is -3.41. The van der Waals surface area contributed by atoms with Crippen molar-refractivity contribution in [2.75, 3.05) is 0 Å². The molecule has 6 heteroatoms. The quantitative estimate of drug-likeness (QED) is 0.516. The van der Waals surface area contributed by atoms with Gasteiger partial charge in [-0.05, 0) is 31.4 Å². The van der Waals surface area contributed by atoms with Gasteiger partial charge in [-0.15, -0.1) is 0 Å². The lowest BCUT2D eigenvalue weighted by molar-refractivity contribution is 0.0644. The Morgan fingerprint density at radius 3 is 2.73 bits per heavy atom. The zero-order chi connectivity index (χ0) is 20.4. The van der Waals surface area contributed by atoms with Gasteiger partial charge in [0.25, 0.3) is 5.91 Å². The van der Waals surface area contributed by atoms with Crippen LogP contribution in [0.25, 0.3) is 22.3 Å². The smallest absolute Gasteiger partial charge is 0.256 e. The van der Waals surface area contributed by atoms with E-state index in [0.29, 0.717) is 0 Å². The van der Waals surface area contributed by atoms with E-state index in [1.54, 1.807) is 6.20 Å². The van der Waals surface area contributed by atoms with Crippen LogP contribution in [-0.4, -0.2) is 36.2 Å². The number of aromatic nitrogens is 4. The number of aryl methyl sites for hydroxylation is 2. The number of amides is 1. The van der Waals surface area contributed by atoms with Gasteiger partial charge in [-0.1, -0.05) is 30.3 Å². The van der Waals surface area contributed by atoms with Crippen molar-refractivity contribution in [3.05, 3.63) is 71.7 Å². The summed E-state index contributed by atoms with van der Waals surface area (Å²) in [6, 6.07) is 14.6. The molecule has 30 heavy (non-hydrogen) atoms. The Morgan fingerprint density at radius 2 is 1.90 bits per heavy atom. The summed E-state index contributed by atoms with van der Waals surface area (Å²) in [4.78, 5) is 20.2. The molecule has 2 aliphatic rings. The topological polar surface area (TPSA) is 56.0 Å². The monoisotopic (exact) mass is 397 g/mol. The van der Waals surface area contributed by atoms with Crippen LogP contribution in [0, 0.1) is 0 Å².